The lowest BCUT2D eigenvalue weighted by molar-refractivity contribution is -0.643. The Hall–Kier alpha value is -7.08. The average Bonchev–Trinajstić information content (AvgIpc) is 3.64. The summed E-state index contributed by atoms with van der Waals surface area (Å²) in [6.45, 7) is 3.11. The van der Waals surface area contributed by atoms with Gasteiger partial charge in [-0.05, 0) is 60.7 Å². The topological polar surface area (TPSA) is 116 Å². The predicted molar refractivity (Wildman–Crippen MR) is 203 cm³/mol. The first kappa shape index (κ1) is 30.9. The molecule has 52 heavy (non-hydrogen) atoms. The molecule has 0 bridgehead atoms. The highest BCUT2D eigenvalue weighted by Crippen LogP contribution is 2.35. The molecule has 0 spiro atoms. The van der Waals surface area contributed by atoms with Crippen LogP contribution in [-0.4, -0.2) is 54.5 Å². The molecule has 0 amide bonds. The van der Waals surface area contributed by atoms with Crippen molar-refractivity contribution in [2.24, 2.45) is 0 Å². The largest absolute Gasteiger partial charge is 0.350 e. The van der Waals surface area contributed by atoms with Gasteiger partial charge in [-0.3, -0.25) is 4.90 Å². The molecule has 9 rings (SSSR count). The summed E-state index contributed by atoms with van der Waals surface area (Å²) in [6.07, 6.45) is 6.94. The molecular formula is C40H33N12+. The minimum Gasteiger partial charge on any atom is -0.350 e. The van der Waals surface area contributed by atoms with E-state index in [9.17, 15) is 0 Å². The number of pyridine rings is 5. The number of hydrogen-bond donors (Lipinski definition) is 1. The number of anilines is 8. The van der Waals surface area contributed by atoms with E-state index in [0.29, 0.717) is 47.7 Å². The Kier molecular flexibility index (Phi) is 8.14. The van der Waals surface area contributed by atoms with Gasteiger partial charge in [0.1, 0.15) is 48.4 Å². The van der Waals surface area contributed by atoms with Crippen LogP contribution in [0.2, 0.25) is 0 Å². The van der Waals surface area contributed by atoms with E-state index in [1.54, 1.807) is 24.8 Å². The number of aromatic nitrogens is 8. The highest BCUT2D eigenvalue weighted by atomic mass is 15.4. The van der Waals surface area contributed by atoms with Crippen molar-refractivity contribution in [3.8, 4) is 0 Å². The van der Waals surface area contributed by atoms with Crippen molar-refractivity contribution in [2.45, 2.75) is 6.54 Å². The zero-order valence-electron chi connectivity index (χ0n) is 28.1. The van der Waals surface area contributed by atoms with E-state index in [2.05, 4.69) is 83.3 Å². The minimum atomic E-state index is 0.335. The van der Waals surface area contributed by atoms with Crippen LogP contribution in [0, 0.1) is 0 Å². The Balaban J connectivity index is 1.12. The predicted octanol–water partition coefficient (Wildman–Crippen LogP) is 6.92. The van der Waals surface area contributed by atoms with Gasteiger partial charge in [-0.1, -0.05) is 60.7 Å². The zero-order valence-corrected chi connectivity index (χ0v) is 28.1. The van der Waals surface area contributed by atoms with Crippen molar-refractivity contribution < 1.29 is 4.57 Å². The molecule has 8 aromatic rings. The van der Waals surface area contributed by atoms with Gasteiger partial charge in [-0.15, -0.1) is 0 Å². The Morgan fingerprint density at radius 3 is 1.54 bits per heavy atom. The quantitative estimate of drug-likeness (QED) is 0.120. The first-order valence-corrected chi connectivity index (χ1v) is 17.1. The third-order valence-corrected chi connectivity index (χ3v) is 8.99. The van der Waals surface area contributed by atoms with Crippen molar-refractivity contribution in [3.63, 3.8) is 0 Å². The maximum absolute atomic E-state index is 5.03. The van der Waals surface area contributed by atoms with Gasteiger partial charge in [0.05, 0.1) is 11.9 Å². The van der Waals surface area contributed by atoms with E-state index >= 15 is 0 Å². The van der Waals surface area contributed by atoms with Crippen LogP contribution in [0.15, 0.2) is 146 Å². The second kappa shape index (κ2) is 13.7. The normalized spacial score (nSPS) is 12.2. The number of fused-ring (bicyclic) bond motifs is 6. The van der Waals surface area contributed by atoms with Crippen LogP contribution in [0.4, 0.5) is 46.9 Å². The molecular weight excluding hydrogens is 649 g/mol. The standard InChI is InChI=1S/C40H33N12/c1-2-15-31-29(13-1)30-14-3-4-16-32(30)50-28-27-49(37(31)50)26-25-45-38-46-39(51(33-17-5-9-21-41-33)34-18-6-10-22-42-34)48-40(47-38)52(35-19-7-11-23-43-35)36-20-8-12-24-44-36/h1-24H,25-28H2,(H,45,46,47,48)/q+1. The van der Waals surface area contributed by atoms with Gasteiger partial charge in [-0.2, -0.15) is 15.0 Å². The Labute approximate surface area is 299 Å². The second-order valence-electron chi connectivity index (χ2n) is 12.1. The molecule has 12 nitrogen and oxygen atoms in total. The summed E-state index contributed by atoms with van der Waals surface area (Å²) in [5.74, 6) is 4.72. The molecule has 0 atom stereocenters. The lowest BCUT2D eigenvalue weighted by Crippen LogP contribution is -2.33. The fourth-order valence-corrected chi connectivity index (χ4v) is 6.75. The summed E-state index contributed by atoms with van der Waals surface area (Å²) < 4.78 is 2.44. The number of hydrogen-bond acceptors (Lipinski definition) is 11. The van der Waals surface area contributed by atoms with Crippen LogP contribution in [0.25, 0.3) is 21.7 Å². The van der Waals surface area contributed by atoms with Gasteiger partial charge in [0.15, 0.2) is 0 Å². The number of nitrogens with zero attached hydrogens (tertiary/aromatic N) is 11. The van der Waals surface area contributed by atoms with Crippen molar-refractivity contribution in [1.82, 2.24) is 34.9 Å². The minimum absolute atomic E-state index is 0.335. The van der Waals surface area contributed by atoms with E-state index < -0.39 is 0 Å². The second-order valence-corrected chi connectivity index (χ2v) is 12.1. The lowest BCUT2D eigenvalue weighted by Gasteiger charge is -2.25. The molecule has 252 valence electrons. The molecule has 6 aromatic heterocycles. The third-order valence-electron chi connectivity index (χ3n) is 8.99. The highest BCUT2D eigenvalue weighted by Gasteiger charge is 2.32. The van der Waals surface area contributed by atoms with Gasteiger partial charge in [0.2, 0.25) is 17.8 Å². The third kappa shape index (κ3) is 5.81. The summed E-state index contributed by atoms with van der Waals surface area (Å²) in [4.78, 5) is 39.7. The maximum atomic E-state index is 5.03. The van der Waals surface area contributed by atoms with Crippen LogP contribution >= 0.6 is 0 Å². The Morgan fingerprint density at radius 2 is 1.02 bits per heavy atom. The summed E-state index contributed by atoms with van der Waals surface area (Å²) in [6, 6.07) is 40.1. The van der Waals surface area contributed by atoms with Crippen molar-refractivity contribution in [1.29, 1.82) is 0 Å². The molecule has 0 aliphatic carbocycles. The van der Waals surface area contributed by atoms with Gasteiger partial charge in [0, 0.05) is 35.6 Å². The molecule has 0 saturated heterocycles. The van der Waals surface area contributed by atoms with Gasteiger partial charge < -0.3 is 5.32 Å². The fourth-order valence-electron chi connectivity index (χ4n) is 6.75. The molecule has 12 heteroatoms. The summed E-state index contributed by atoms with van der Waals surface area (Å²) in [7, 11) is 0. The molecule has 0 fully saturated rings. The lowest BCUT2D eigenvalue weighted by atomic mass is 10.1. The maximum Gasteiger partial charge on any atom is 0.285 e. The highest BCUT2D eigenvalue weighted by molar-refractivity contribution is 6.08. The number of nitrogens with one attached hydrogen (secondary N) is 1. The van der Waals surface area contributed by atoms with Crippen LogP contribution < -0.4 is 24.6 Å². The van der Waals surface area contributed by atoms with E-state index in [1.165, 1.54) is 27.5 Å². The molecule has 1 N–H and O–H groups in total. The van der Waals surface area contributed by atoms with E-state index in [0.717, 1.165) is 19.6 Å². The van der Waals surface area contributed by atoms with Gasteiger partial charge in [-0.25, -0.2) is 34.3 Å². The SMILES string of the molecule is c1ccc(N(c2ccccn2)c2nc(NCCN3CC[n+]4c3c3ccccc3c3ccccc34)nc(N(c3ccccn3)c3ccccn3)n2)nc1. The Bertz CT molecular complexity index is 2290. The van der Waals surface area contributed by atoms with Crippen LogP contribution in [0.1, 0.15) is 0 Å². The van der Waals surface area contributed by atoms with Gasteiger partial charge >= 0.3 is 0 Å². The zero-order chi connectivity index (χ0) is 34.7. The van der Waals surface area contributed by atoms with Crippen molar-refractivity contribution in [3.05, 3.63) is 146 Å². The fraction of sp³-hybridized carbons (Fsp3) is 0.100. The number of rotatable bonds is 10. The summed E-state index contributed by atoms with van der Waals surface area (Å²) >= 11 is 0. The molecule has 7 heterocycles. The Morgan fingerprint density at radius 1 is 0.538 bits per heavy atom. The molecule has 0 unspecified atom stereocenters. The summed E-state index contributed by atoms with van der Waals surface area (Å²) in [5.41, 5.74) is 1.24. The summed E-state index contributed by atoms with van der Waals surface area (Å²) in [5, 5.41) is 7.30. The smallest absolute Gasteiger partial charge is 0.285 e. The van der Waals surface area contributed by atoms with Crippen molar-refractivity contribution in [2.75, 3.05) is 39.7 Å². The number of benzene rings is 2. The van der Waals surface area contributed by atoms with E-state index in [4.69, 9.17) is 15.0 Å². The first-order chi connectivity index (χ1) is 25.8. The van der Waals surface area contributed by atoms with Crippen LogP contribution in [-0.2, 0) is 6.54 Å². The van der Waals surface area contributed by atoms with Crippen LogP contribution in [0.3, 0.4) is 0 Å². The first-order valence-electron chi connectivity index (χ1n) is 17.1. The number of para-hydroxylation sites is 1. The molecule has 1 aliphatic heterocycles. The monoisotopic (exact) mass is 681 g/mol. The molecule has 0 radical (unpaired) electrons. The molecule has 0 saturated carbocycles. The molecule has 2 aromatic carbocycles. The average molecular weight is 682 g/mol. The van der Waals surface area contributed by atoms with Gasteiger partial charge in [0.25, 0.3) is 5.82 Å². The van der Waals surface area contributed by atoms with E-state index in [-0.39, 0.29) is 0 Å². The molecule has 1 aliphatic rings. The van der Waals surface area contributed by atoms with Crippen molar-refractivity contribution >= 4 is 68.6 Å². The van der Waals surface area contributed by atoms with E-state index in [1.807, 2.05) is 82.6 Å². The van der Waals surface area contributed by atoms with Crippen LogP contribution in [0.5, 0.6) is 0 Å².